The molecule has 31 heavy (non-hydrogen) atoms. The van der Waals surface area contributed by atoms with Crippen LogP contribution in [0.25, 0.3) is 22.2 Å². The summed E-state index contributed by atoms with van der Waals surface area (Å²) < 4.78 is 11.0. The van der Waals surface area contributed by atoms with Crippen LogP contribution in [0.5, 0.6) is 5.75 Å². The largest absolute Gasteiger partial charge is 0.486 e. The van der Waals surface area contributed by atoms with E-state index in [2.05, 4.69) is 21.4 Å². The van der Waals surface area contributed by atoms with Crippen molar-refractivity contribution >= 4 is 22.6 Å². The van der Waals surface area contributed by atoms with E-state index < -0.39 is 0 Å². The van der Waals surface area contributed by atoms with Gasteiger partial charge in [0.25, 0.3) is 0 Å². The summed E-state index contributed by atoms with van der Waals surface area (Å²) in [6, 6.07) is 15.9. The number of nitrogens with zero attached hydrogens (tertiary/aromatic N) is 2. The molecule has 4 rings (SSSR count). The molecule has 0 aliphatic rings. The molecule has 0 saturated carbocycles. The first-order valence-corrected chi connectivity index (χ1v) is 10.3. The first-order chi connectivity index (χ1) is 15.0. The van der Waals surface area contributed by atoms with Gasteiger partial charge in [0.2, 0.25) is 0 Å². The molecule has 158 valence electrons. The Morgan fingerprint density at radius 3 is 2.81 bits per heavy atom. The molecular formula is C25H25N3O3. The van der Waals surface area contributed by atoms with E-state index in [0.29, 0.717) is 18.1 Å². The number of Topliss-reactive ketones (excluding diaryl/α,β-unsaturated/α-hetero) is 1. The number of rotatable bonds is 8. The van der Waals surface area contributed by atoms with Gasteiger partial charge in [-0.25, -0.2) is 9.97 Å². The number of benzene rings is 2. The van der Waals surface area contributed by atoms with E-state index in [4.69, 9.17) is 9.15 Å². The Morgan fingerprint density at radius 2 is 1.97 bits per heavy atom. The second kappa shape index (κ2) is 9.00. The van der Waals surface area contributed by atoms with Gasteiger partial charge >= 0.3 is 0 Å². The minimum Gasteiger partial charge on any atom is -0.486 e. The van der Waals surface area contributed by atoms with Gasteiger partial charge in [-0.1, -0.05) is 12.1 Å². The average Bonchev–Trinajstić information content (AvgIpc) is 3.12. The van der Waals surface area contributed by atoms with Gasteiger partial charge in [-0.05, 0) is 68.7 Å². The third-order valence-corrected chi connectivity index (χ3v) is 4.96. The highest BCUT2D eigenvalue weighted by atomic mass is 16.5. The number of ether oxygens (including phenoxy) is 1. The Hall–Kier alpha value is -3.67. The summed E-state index contributed by atoms with van der Waals surface area (Å²) in [6.07, 6.45) is 2.57. The van der Waals surface area contributed by atoms with E-state index >= 15 is 0 Å². The predicted molar refractivity (Wildman–Crippen MR) is 122 cm³/mol. The van der Waals surface area contributed by atoms with Crippen LogP contribution in [0, 0.1) is 13.8 Å². The lowest BCUT2D eigenvalue weighted by Gasteiger charge is -2.10. The molecule has 0 aliphatic carbocycles. The van der Waals surface area contributed by atoms with Crippen molar-refractivity contribution in [2.24, 2.45) is 0 Å². The van der Waals surface area contributed by atoms with Gasteiger partial charge in [-0.3, -0.25) is 4.79 Å². The van der Waals surface area contributed by atoms with Crippen molar-refractivity contribution < 1.29 is 13.9 Å². The van der Waals surface area contributed by atoms with E-state index in [1.807, 2.05) is 56.3 Å². The fraction of sp³-hybridized carbons (Fsp3) is 0.240. The number of furan rings is 1. The fourth-order valence-electron chi connectivity index (χ4n) is 3.43. The first-order valence-electron chi connectivity index (χ1n) is 10.3. The van der Waals surface area contributed by atoms with Crippen molar-refractivity contribution in [3.8, 4) is 17.0 Å². The predicted octanol–water partition coefficient (Wildman–Crippen LogP) is 5.13. The standard InChI is InChI=1S/C25H25N3O3/c1-16-14-31-24-8-7-20(12-22(16)24)23-13-25(28-18(3)27-23)26-10-9-19-5-4-6-21(11-19)30-15-17(2)29/h4-8,11-14H,9-10,15H2,1-3H3,(H,26,27,28). The average molecular weight is 415 g/mol. The summed E-state index contributed by atoms with van der Waals surface area (Å²) >= 11 is 0. The molecule has 4 aromatic rings. The number of ketones is 1. The van der Waals surface area contributed by atoms with Gasteiger partial charge in [0.15, 0.2) is 5.78 Å². The summed E-state index contributed by atoms with van der Waals surface area (Å²) in [5.74, 6) is 2.21. The van der Waals surface area contributed by atoms with Gasteiger partial charge < -0.3 is 14.5 Å². The van der Waals surface area contributed by atoms with E-state index in [-0.39, 0.29) is 12.4 Å². The molecule has 2 heterocycles. The van der Waals surface area contributed by atoms with Crippen LogP contribution in [0.2, 0.25) is 0 Å². The molecule has 0 aliphatic heterocycles. The highest BCUT2D eigenvalue weighted by Gasteiger charge is 2.08. The number of hydrogen-bond acceptors (Lipinski definition) is 6. The second-order valence-electron chi connectivity index (χ2n) is 7.63. The van der Waals surface area contributed by atoms with Crippen LogP contribution in [0.1, 0.15) is 23.9 Å². The minimum atomic E-state index is 0.00378. The van der Waals surface area contributed by atoms with Gasteiger partial charge in [0.1, 0.15) is 29.6 Å². The smallest absolute Gasteiger partial charge is 0.167 e. The number of hydrogen-bond donors (Lipinski definition) is 1. The maximum Gasteiger partial charge on any atom is 0.167 e. The summed E-state index contributed by atoms with van der Waals surface area (Å²) in [7, 11) is 0. The van der Waals surface area contributed by atoms with Crippen LogP contribution >= 0.6 is 0 Å². The molecule has 0 radical (unpaired) electrons. The van der Waals surface area contributed by atoms with Crippen LogP contribution in [0.3, 0.4) is 0 Å². The number of aryl methyl sites for hydroxylation is 2. The van der Waals surface area contributed by atoms with E-state index in [0.717, 1.165) is 45.6 Å². The van der Waals surface area contributed by atoms with Crippen molar-refractivity contribution in [3.05, 3.63) is 71.7 Å². The van der Waals surface area contributed by atoms with E-state index in [9.17, 15) is 4.79 Å². The molecule has 0 bridgehead atoms. The van der Waals surface area contributed by atoms with Crippen molar-refractivity contribution in [3.63, 3.8) is 0 Å². The zero-order valence-electron chi connectivity index (χ0n) is 17.9. The zero-order valence-corrected chi connectivity index (χ0v) is 17.9. The number of fused-ring (bicyclic) bond motifs is 1. The molecule has 6 heteroatoms. The Bertz CT molecular complexity index is 1230. The van der Waals surface area contributed by atoms with Crippen LogP contribution in [-0.4, -0.2) is 28.9 Å². The normalized spacial score (nSPS) is 10.9. The third-order valence-electron chi connectivity index (χ3n) is 4.96. The molecular weight excluding hydrogens is 390 g/mol. The zero-order chi connectivity index (χ0) is 21.8. The maximum atomic E-state index is 11.1. The maximum absolute atomic E-state index is 11.1. The molecule has 0 spiro atoms. The summed E-state index contributed by atoms with van der Waals surface area (Å²) in [5.41, 5.74) is 5.01. The van der Waals surface area contributed by atoms with Crippen molar-refractivity contribution in [1.82, 2.24) is 9.97 Å². The molecule has 2 aromatic carbocycles. The topological polar surface area (TPSA) is 77.2 Å². The van der Waals surface area contributed by atoms with Crippen molar-refractivity contribution in [2.45, 2.75) is 27.2 Å². The van der Waals surface area contributed by atoms with Crippen LogP contribution in [0.4, 0.5) is 5.82 Å². The van der Waals surface area contributed by atoms with Crippen LogP contribution in [0.15, 0.2) is 59.2 Å². The summed E-state index contributed by atoms with van der Waals surface area (Å²) in [4.78, 5) is 20.2. The molecule has 2 aromatic heterocycles. The van der Waals surface area contributed by atoms with E-state index in [1.165, 1.54) is 6.92 Å². The highest BCUT2D eigenvalue weighted by Crippen LogP contribution is 2.27. The number of anilines is 1. The lowest BCUT2D eigenvalue weighted by atomic mass is 10.1. The van der Waals surface area contributed by atoms with Crippen LogP contribution < -0.4 is 10.1 Å². The van der Waals surface area contributed by atoms with Gasteiger partial charge in [0, 0.05) is 23.6 Å². The lowest BCUT2D eigenvalue weighted by Crippen LogP contribution is -2.09. The lowest BCUT2D eigenvalue weighted by molar-refractivity contribution is -0.118. The molecule has 0 atom stereocenters. The van der Waals surface area contributed by atoms with Gasteiger partial charge in [-0.2, -0.15) is 0 Å². The monoisotopic (exact) mass is 415 g/mol. The molecule has 0 saturated heterocycles. The third kappa shape index (κ3) is 5.09. The Labute approximate surface area is 181 Å². The minimum absolute atomic E-state index is 0.00378. The summed E-state index contributed by atoms with van der Waals surface area (Å²) in [5, 5.41) is 4.49. The Kier molecular flexibility index (Phi) is 5.98. The summed E-state index contributed by atoms with van der Waals surface area (Å²) in [6.45, 7) is 6.25. The number of carbonyl (C=O) groups excluding carboxylic acids is 1. The molecule has 0 amide bonds. The first kappa shape index (κ1) is 20.6. The molecule has 1 N–H and O–H groups in total. The molecule has 6 nitrogen and oxygen atoms in total. The number of nitrogens with one attached hydrogen (secondary N) is 1. The van der Waals surface area contributed by atoms with Gasteiger partial charge in [-0.15, -0.1) is 0 Å². The van der Waals surface area contributed by atoms with Crippen LogP contribution in [-0.2, 0) is 11.2 Å². The number of aromatic nitrogens is 2. The van der Waals surface area contributed by atoms with E-state index in [1.54, 1.807) is 6.26 Å². The SMILES string of the molecule is CC(=O)COc1cccc(CCNc2cc(-c3ccc4occ(C)c4c3)nc(C)n2)c1. The van der Waals surface area contributed by atoms with Gasteiger partial charge in [0.05, 0.1) is 12.0 Å². The second-order valence-corrected chi connectivity index (χ2v) is 7.63. The Morgan fingerprint density at radius 1 is 1.10 bits per heavy atom. The molecule has 0 fully saturated rings. The van der Waals surface area contributed by atoms with Crippen molar-refractivity contribution in [1.29, 1.82) is 0 Å². The fourth-order valence-corrected chi connectivity index (χ4v) is 3.43. The Balaban J connectivity index is 1.45. The quantitative estimate of drug-likeness (QED) is 0.430. The molecule has 0 unspecified atom stereocenters. The van der Waals surface area contributed by atoms with Crippen molar-refractivity contribution in [2.75, 3.05) is 18.5 Å². The number of carbonyl (C=O) groups is 1. The highest BCUT2D eigenvalue weighted by molar-refractivity contribution is 5.85.